The summed E-state index contributed by atoms with van der Waals surface area (Å²) in [6.07, 6.45) is 3.17. The van der Waals surface area contributed by atoms with E-state index in [-0.39, 0.29) is 11.3 Å². The fourth-order valence-electron chi connectivity index (χ4n) is 2.07. The minimum Gasteiger partial charge on any atom is -0.341 e. The van der Waals surface area contributed by atoms with Crippen LogP contribution in [0.4, 0.5) is 0 Å². The molecular formula is C14H15N5S. The number of H-pyrrole nitrogens is 1. The van der Waals surface area contributed by atoms with Gasteiger partial charge in [-0.3, -0.25) is 0 Å². The molecule has 0 radical (unpaired) electrons. The van der Waals surface area contributed by atoms with Gasteiger partial charge in [-0.1, -0.05) is 42.1 Å². The fraction of sp³-hybridized carbons (Fsp3) is 0.214. The lowest BCUT2D eigenvalue weighted by Crippen LogP contribution is -2.22. The van der Waals surface area contributed by atoms with Crippen LogP contribution in [0.3, 0.4) is 0 Å². The smallest absolute Gasteiger partial charge is 0.181 e. The van der Waals surface area contributed by atoms with Gasteiger partial charge in [0.2, 0.25) is 0 Å². The Labute approximate surface area is 121 Å². The summed E-state index contributed by atoms with van der Waals surface area (Å²) in [5, 5.41) is 1.01. The van der Waals surface area contributed by atoms with Crippen molar-refractivity contribution in [2.45, 2.75) is 23.2 Å². The molecule has 2 heterocycles. The van der Waals surface area contributed by atoms with Gasteiger partial charge in [0.05, 0.1) is 11.6 Å². The predicted molar refractivity (Wildman–Crippen MR) is 80.4 cm³/mol. The van der Waals surface area contributed by atoms with Gasteiger partial charge in [-0.05, 0) is 12.5 Å². The molecule has 6 heteroatoms. The molecule has 0 bridgehead atoms. The minimum atomic E-state index is 0.00957. The summed E-state index contributed by atoms with van der Waals surface area (Å²) < 4.78 is 0. The molecule has 5 nitrogen and oxygen atoms in total. The molecule has 2 aromatic heterocycles. The zero-order valence-electron chi connectivity index (χ0n) is 11.0. The zero-order chi connectivity index (χ0) is 13.9. The van der Waals surface area contributed by atoms with E-state index in [0.29, 0.717) is 5.65 Å². The molecule has 0 saturated carbocycles. The Balaban J connectivity index is 1.96. The molecule has 3 aromatic rings. The quantitative estimate of drug-likeness (QED) is 0.569. The van der Waals surface area contributed by atoms with E-state index >= 15 is 0 Å². The van der Waals surface area contributed by atoms with Gasteiger partial charge in [0.1, 0.15) is 16.9 Å². The maximum absolute atomic E-state index is 6.15. The molecule has 0 aliphatic heterocycles. The van der Waals surface area contributed by atoms with E-state index in [4.69, 9.17) is 5.73 Å². The summed E-state index contributed by atoms with van der Waals surface area (Å²) in [5.74, 6) is 0. The van der Waals surface area contributed by atoms with Crippen LogP contribution in [0.5, 0.6) is 0 Å². The van der Waals surface area contributed by atoms with Gasteiger partial charge in [0.25, 0.3) is 0 Å². The molecule has 0 spiro atoms. The van der Waals surface area contributed by atoms with Crippen LogP contribution in [0.2, 0.25) is 0 Å². The molecule has 20 heavy (non-hydrogen) atoms. The van der Waals surface area contributed by atoms with Crippen molar-refractivity contribution in [3.63, 3.8) is 0 Å². The van der Waals surface area contributed by atoms with Gasteiger partial charge < -0.3 is 10.7 Å². The van der Waals surface area contributed by atoms with Gasteiger partial charge in [-0.15, -0.1) is 0 Å². The van der Waals surface area contributed by atoms with E-state index in [9.17, 15) is 0 Å². The van der Waals surface area contributed by atoms with Crippen molar-refractivity contribution in [1.82, 2.24) is 19.9 Å². The Bertz CT molecular complexity index is 695. The summed E-state index contributed by atoms with van der Waals surface area (Å²) in [4.78, 5) is 15.7. The average Bonchev–Trinajstić information content (AvgIpc) is 2.94. The molecule has 0 saturated heterocycles. The SMILES string of the molecule is CC(N)C(Sc1ncnc2nc[nH]c12)c1ccccc1. The highest BCUT2D eigenvalue weighted by atomic mass is 32.2. The minimum absolute atomic E-state index is 0.00957. The standard InChI is InChI=1S/C14H15N5S/c1-9(15)12(10-5-3-2-4-6-10)20-14-11-13(17-7-16-11)18-8-19-14/h2-9,12H,15H2,1H3,(H,16,17,18,19). The van der Waals surface area contributed by atoms with Crippen molar-refractivity contribution < 1.29 is 0 Å². The topological polar surface area (TPSA) is 80.5 Å². The lowest BCUT2D eigenvalue weighted by Gasteiger charge is -2.20. The van der Waals surface area contributed by atoms with Gasteiger partial charge in [-0.2, -0.15) is 0 Å². The summed E-state index contributed by atoms with van der Waals surface area (Å²) >= 11 is 1.64. The highest BCUT2D eigenvalue weighted by Crippen LogP contribution is 2.37. The molecule has 102 valence electrons. The molecule has 0 aliphatic carbocycles. The first kappa shape index (κ1) is 13.1. The van der Waals surface area contributed by atoms with E-state index in [2.05, 4.69) is 32.1 Å². The lowest BCUT2D eigenvalue weighted by molar-refractivity contribution is 0.720. The summed E-state index contributed by atoms with van der Waals surface area (Å²) in [6, 6.07) is 10.2. The van der Waals surface area contributed by atoms with Crippen molar-refractivity contribution in [2.24, 2.45) is 5.73 Å². The van der Waals surface area contributed by atoms with Crippen LogP contribution < -0.4 is 5.73 Å². The second-order valence-electron chi connectivity index (χ2n) is 4.59. The predicted octanol–water partition coefficient (Wildman–Crippen LogP) is 2.53. The summed E-state index contributed by atoms with van der Waals surface area (Å²) in [6.45, 7) is 2.01. The molecule has 3 N–H and O–H groups in total. The Kier molecular flexibility index (Phi) is 3.66. The van der Waals surface area contributed by atoms with E-state index in [0.717, 1.165) is 10.5 Å². The van der Waals surface area contributed by atoms with E-state index in [1.807, 2.05) is 25.1 Å². The van der Waals surface area contributed by atoms with Gasteiger partial charge in [0, 0.05) is 6.04 Å². The van der Waals surface area contributed by atoms with Crippen LogP contribution in [0.1, 0.15) is 17.7 Å². The first-order valence-electron chi connectivity index (χ1n) is 6.37. The lowest BCUT2D eigenvalue weighted by atomic mass is 10.1. The monoisotopic (exact) mass is 285 g/mol. The van der Waals surface area contributed by atoms with E-state index in [1.165, 1.54) is 11.9 Å². The molecule has 0 fully saturated rings. The van der Waals surface area contributed by atoms with Crippen LogP contribution >= 0.6 is 11.8 Å². The third kappa shape index (κ3) is 2.52. The number of nitrogens with two attached hydrogens (primary N) is 1. The molecular weight excluding hydrogens is 270 g/mol. The second kappa shape index (κ2) is 5.60. The van der Waals surface area contributed by atoms with Crippen molar-refractivity contribution in [2.75, 3.05) is 0 Å². The number of nitrogens with one attached hydrogen (secondary N) is 1. The number of thioether (sulfide) groups is 1. The summed E-state index contributed by atoms with van der Waals surface area (Å²) in [7, 11) is 0. The molecule has 1 aromatic carbocycles. The second-order valence-corrected chi connectivity index (χ2v) is 5.72. The Morgan fingerprint density at radius 2 is 1.95 bits per heavy atom. The third-order valence-electron chi connectivity index (χ3n) is 3.03. The molecule has 2 unspecified atom stereocenters. The number of nitrogens with zero attached hydrogens (tertiary/aromatic N) is 3. The van der Waals surface area contributed by atoms with Crippen LogP contribution in [0.25, 0.3) is 11.2 Å². The molecule has 2 atom stereocenters. The average molecular weight is 285 g/mol. The van der Waals surface area contributed by atoms with Gasteiger partial charge >= 0.3 is 0 Å². The summed E-state index contributed by atoms with van der Waals surface area (Å²) in [5.41, 5.74) is 8.88. The Morgan fingerprint density at radius 1 is 1.15 bits per heavy atom. The molecule has 0 amide bonds. The van der Waals surface area contributed by atoms with Crippen LogP contribution in [0, 0.1) is 0 Å². The highest BCUT2D eigenvalue weighted by Gasteiger charge is 2.20. The van der Waals surface area contributed by atoms with Gasteiger partial charge in [-0.25, -0.2) is 15.0 Å². The normalized spacial score (nSPS) is 14.3. The number of aromatic amines is 1. The largest absolute Gasteiger partial charge is 0.341 e. The Hall–Kier alpha value is -1.92. The van der Waals surface area contributed by atoms with E-state index in [1.54, 1.807) is 18.1 Å². The van der Waals surface area contributed by atoms with Gasteiger partial charge in [0.15, 0.2) is 5.65 Å². The molecule has 3 rings (SSSR count). The fourth-order valence-corrected chi connectivity index (χ4v) is 3.20. The van der Waals surface area contributed by atoms with Crippen molar-refractivity contribution in [3.05, 3.63) is 48.5 Å². The van der Waals surface area contributed by atoms with E-state index < -0.39 is 0 Å². The van der Waals surface area contributed by atoms with Crippen LogP contribution in [-0.4, -0.2) is 26.0 Å². The number of fused-ring (bicyclic) bond motifs is 1. The van der Waals surface area contributed by atoms with Crippen molar-refractivity contribution in [1.29, 1.82) is 0 Å². The first-order chi connectivity index (χ1) is 9.75. The number of imidazole rings is 1. The first-order valence-corrected chi connectivity index (χ1v) is 7.25. The number of aromatic nitrogens is 4. The van der Waals surface area contributed by atoms with Crippen LogP contribution in [0.15, 0.2) is 48.0 Å². The highest BCUT2D eigenvalue weighted by molar-refractivity contribution is 7.99. The Morgan fingerprint density at radius 3 is 2.70 bits per heavy atom. The number of rotatable bonds is 4. The third-order valence-corrected chi connectivity index (χ3v) is 4.52. The maximum atomic E-state index is 6.15. The zero-order valence-corrected chi connectivity index (χ0v) is 11.8. The maximum Gasteiger partial charge on any atom is 0.181 e. The number of hydrogen-bond donors (Lipinski definition) is 2. The van der Waals surface area contributed by atoms with Crippen LogP contribution in [-0.2, 0) is 0 Å². The number of benzene rings is 1. The van der Waals surface area contributed by atoms with Crippen molar-refractivity contribution in [3.8, 4) is 0 Å². The van der Waals surface area contributed by atoms with Crippen molar-refractivity contribution >= 4 is 22.9 Å². The number of hydrogen-bond acceptors (Lipinski definition) is 5. The molecule has 0 aliphatic rings.